The lowest BCUT2D eigenvalue weighted by atomic mass is 10.1. The number of amides is 1. The molecule has 0 saturated carbocycles. The second-order valence-electron chi connectivity index (χ2n) is 7.60. The minimum atomic E-state index is -0.468. The van der Waals surface area contributed by atoms with Crippen LogP contribution in [0.25, 0.3) is 0 Å². The van der Waals surface area contributed by atoms with Crippen molar-refractivity contribution >= 4 is 6.09 Å². The Kier molecular flexibility index (Phi) is 4.86. The topological polar surface area (TPSA) is 54.7 Å². The molecule has 0 saturated heterocycles. The first kappa shape index (κ1) is 17.5. The molecule has 0 aliphatic carbocycles. The van der Waals surface area contributed by atoms with Crippen molar-refractivity contribution in [2.24, 2.45) is 0 Å². The zero-order valence-corrected chi connectivity index (χ0v) is 15.3. The van der Waals surface area contributed by atoms with Crippen LogP contribution < -0.4 is 5.32 Å². The first-order valence-electron chi connectivity index (χ1n) is 8.66. The van der Waals surface area contributed by atoms with Gasteiger partial charge in [-0.05, 0) is 50.5 Å². The Bertz CT molecular complexity index is 732. The van der Waals surface area contributed by atoms with Crippen molar-refractivity contribution in [2.45, 2.75) is 59.0 Å². The summed E-state index contributed by atoms with van der Waals surface area (Å²) in [4.78, 5) is 14.0. The van der Waals surface area contributed by atoms with Crippen LogP contribution in [0.1, 0.15) is 56.0 Å². The fourth-order valence-electron chi connectivity index (χ4n) is 2.92. The van der Waals surface area contributed by atoms with E-state index in [1.165, 1.54) is 16.7 Å². The molecule has 1 atom stereocenters. The van der Waals surface area contributed by atoms with Gasteiger partial charge in [0, 0.05) is 31.2 Å². The molecule has 2 heterocycles. The van der Waals surface area contributed by atoms with Crippen molar-refractivity contribution in [2.75, 3.05) is 0 Å². The minimum absolute atomic E-state index is 0.227. The number of hydrogen-bond acceptors (Lipinski definition) is 4. The second kappa shape index (κ2) is 6.92. The molecule has 0 fully saturated rings. The number of carbonyl (C=O) groups excluding carboxylic acids is 1. The molecule has 25 heavy (non-hydrogen) atoms. The number of nitrogens with zero attached hydrogens (tertiary/aromatic N) is 1. The number of ether oxygens (including phenoxy) is 1. The van der Waals surface area contributed by atoms with Crippen LogP contribution in [-0.4, -0.2) is 16.6 Å². The van der Waals surface area contributed by atoms with Gasteiger partial charge in [0.15, 0.2) is 0 Å². The highest BCUT2D eigenvalue weighted by molar-refractivity contribution is 5.69. The SMILES string of the molecule is CC(NCc1ccc2c(c1)CN(C(=O)OC(C)(C)C)C2)c1ccoc1. The van der Waals surface area contributed by atoms with Crippen LogP contribution in [0.3, 0.4) is 0 Å². The third-order valence-corrected chi connectivity index (χ3v) is 4.30. The fourth-order valence-corrected chi connectivity index (χ4v) is 2.92. The maximum atomic E-state index is 12.2. The zero-order valence-electron chi connectivity index (χ0n) is 15.3. The predicted octanol–water partition coefficient (Wildman–Crippen LogP) is 4.38. The van der Waals surface area contributed by atoms with E-state index >= 15 is 0 Å². The third kappa shape index (κ3) is 4.42. The highest BCUT2D eigenvalue weighted by Crippen LogP contribution is 2.26. The highest BCUT2D eigenvalue weighted by atomic mass is 16.6. The highest BCUT2D eigenvalue weighted by Gasteiger charge is 2.27. The van der Waals surface area contributed by atoms with E-state index in [0.29, 0.717) is 13.1 Å². The van der Waals surface area contributed by atoms with Crippen molar-refractivity contribution < 1.29 is 13.9 Å². The Morgan fingerprint density at radius 1 is 1.28 bits per heavy atom. The Morgan fingerprint density at radius 2 is 2.04 bits per heavy atom. The first-order chi connectivity index (χ1) is 11.8. The Hall–Kier alpha value is -2.27. The summed E-state index contributed by atoms with van der Waals surface area (Å²) in [6.45, 7) is 9.77. The average molecular weight is 342 g/mol. The molecule has 1 aromatic carbocycles. The van der Waals surface area contributed by atoms with Gasteiger partial charge in [-0.2, -0.15) is 0 Å². The summed E-state index contributed by atoms with van der Waals surface area (Å²) in [6, 6.07) is 8.60. The van der Waals surface area contributed by atoms with Crippen molar-refractivity contribution in [3.63, 3.8) is 0 Å². The van der Waals surface area contributed by atoms with Crippen LogP contribution in [0.2, 0.25) is 0 Å². The number of carbonyl (C=O) groups is 1. The molecule has 5 nitrogen and oxygen atoms in total. The Labute approximate surface area is 149 Å². The van der Waals surface area contributed by atoms with Gasteiger partial charge in [0.2, 0.25) is 0 Å². The fraction of sp³-hybridized carbons (Fsp3) is 0.450. The summed E-state index contributed by atoms with van der Waals surface area (Å²) >= 11 is 0. The Morgan fingerprint density at radius 3 is 2.72 bits per heavy atom. The largest absolute Gasteiger partial charge is 0.472 e. The maximum absolute atomic E-state index is 12.2. The number of furan rings is 1. The van der Waals surface area contributed by atoms with E-state index in [9.17, 15) is 4.79 Å². The predicted molar refractivity (Wildman–Crippen MR) is 95.9 cm³/mol. The van der Waals surface area contributed by atoms with E-state index in [2.05, 4.69) is 30.4 Å². The summed E-state index contributed by atoms with van der Waals surface area (Å²) in [6.07, 6.45) is 3.20. The van der Waals surface area contributed by atoms with E-state index < -0.39 is 5.60 Å². The normalized spacial score (nSPS) is 15.1. The van der Waals surface area contributed by atoms with Gasteiger partial charge >= 0.3 is 6.09 Å². The van der Waals surface area contributed by atoms with Gasteiger partial charge in [0.05, 0.1) is 12.5 Å². The van der Waals surface area contributed by atoms with Crippen LogP contribution in [0.4, 0.5) is 4.79 Å². The summed E-state index contributed by atoms with van der Waals surface area (Å²) < 4.78 is 10.6. The molecule has 0 radical (unpaired) electrons. The van der Waals surface area contributed by atoms with Crippen LogP contribution in [0.15, 0.2) is 41.2 Å². The van der Waals surface area contributed by atoms with Crippen LogP contribution in [-0.2, 0) is 24.4 Å². The van der Waals surface area contributed by atoms with Gasteiger partial charge in [-0.25, -0.2) is 4.79 Å². The van der Waals surface area contributed by atoms with E-state index in [1.807, 2.05) is 26.8 Å². The number of benzene rings is 1. The smallest absolute Gasteiger partial charge is 0.410 e. The molecule has 2 aromatic rings. The molecular formula is C20H26N2O3. The zero-order chi connectivity index (χ0) is 18.0. The summed E-state index contributed by atoms with van der Waals surface area (Å²) in [5, 5.41) is 3.49. The summed E-state index contributed by atoms with van der Waals surface area (Å²) in [5.41, 5.74) is 4.26. The van der Waals surface area contributed by atoms with Gasteiger partial charge in [-0.1, -0.05) is 18.2 Å². The van der Waals surface area contributed by atoms with Gasteiger partial charge in [0.1, 0.15) is 5.60 Å². The average Bonchev–Trinajstić information content (AvgIpc) is 3.19. The molecule has 134 valence electrons. The monoisotopic (exact) mass is 342 g/mol. The van der Waals surface area contributed by atoms with Crippen LogP contribution in [0.5, 0.6) is 0 Å². The molecule has 3 rings (SSSR count). The van der Waals surface area contributed by atoms with E-state index in [0.717, 1.165) is 12.1 Å². The van der Waals surface area contributed by atoms with Crippen LogP contribution >= 0.6 is 0 Å². The van der Waals surface area contributed by atoms with Gasteiger partial charge < -0.3 is 14.5 Å². The molecule has 0 bridgehead atoms. The van der Waals surface area contributed by atoms with E-state index in [1.54, 1.807) is 17.4 Å². The van der Waals surface area contributed by atoms with Crippen LogP contribution in [0, 0.1) is 0 Å². The number of fused-ring (bicyclic) bond motifs is 1. The van der Waals surface area contributed by atoms with Crippen molar-refractivity contribution in [1.82, 2.24) is 10.2 Å². The molecular weight excluding hydrogens is 316 g/mol. The first-order valence-corrected chi connectivity index (χ1v) is 8.66. The molecule has 1 N–H and O–H groups in total. The van der Waals surface area contributed by atoms with Gasteiger partial charge in [-0.3, -0.25) is 4.90 Å². The molecule has 1 unspecified atom stereocenters. The lowest BCUT2D eigenvalue weighted by molar-refractivity contribution is 0.0242. The lowest BCUT2D eigenvalue weighted by Crippen LogP contribution is -2.33. The summed E-state index contributed by atoms with van der Waals surface area (Å²) in [7, 11) is 0. The number of hydrogen-bond donors (Lipinski definition) is 1. The molecule has 1 aliphatic rings. The lowest BCUT2D eigenvalue weighted by Gasteiger charge is -2.24. The standard InChI is InChI=1S/C20H26N2O3/c1-14(17-7-8-24-13-17)21-10-15-5-6-16-11-22(12-18(16)9-15)19(23)25-20(2,3)4/h5-9,13-14,21H,10-12H2,1-4H3. The minimum Gasteiger partial charge on any atom is -0.472 e. The summed E-state index contributed by atoms with van der Waals surface area (Å²) in [5.74, 6) is 0. The molecule has 5 heteroatoms. The Balaban J connectivity index is 1.59. The van der Waals surface area contributed by atoms with Crippen molar-refractivity contribution in [3.05, 3.63) is 59.0 Å². The number of nitrogens with one attached hydrogen (secondary N) is 1. The van der Waals surface area contributed by atoms with Gasteiger partial charge in [-0.15, -0.1) is 0 Å². The quantitative estimate of drug-likeness (QED) is 0.896. The van der Waals surface area contributed by atoms with Crippen molar-refractivity contribution in [1.29, 1.82) is 0 Å². The molecule has 1 aliphatic heterocycles. The third-order valence-electron chi connectivity index (χ3n) is 4.30. The molecule has 0 spiro atoms. The maximum Gasteiger partial charge on any atom is 0.410 e. The molecule has 1 amide bonds. The van der Waals surface area contributed by atoms with E-state index in [4.69, 9.17) is 9.15 Å². The van der Waals surface area contributed by atoms with Crippen molar-refractivity contribution in [3.8, 4) is 0 Å². The van der Waals surface area contributed by atoms with E-state index in [-0.39, 0.29) is 12.1 Å². The second-order valence-corrected chi connectivity index (χ2v) is 7.60. The number of rotatable bonds is 4. The molecule has 1 aromatic heterocycles. The van der Waals surface area contributed by atoms with Gasteiger partial charge in [0.25, 0.3) is 0 Å².